The molecule has 4 rings (SSSR count). The van der Waals surface area contributed by atoms with Crippen LogP contribution in [-0.2, 0) is 6.42 Å². The zero-order valence-corrected chi connectivity index (χ0v) is 14.5. The summed E-state index contributed by atoms with van der Waals surface area (Å²) in [5.74, 6) is 1.36. The van der Waals surface area contributed by atoms with Crippen molar-refractivity contribution in [3.05, 3.63) is 77.2 Å². The van der Waals surface area contributed by atoms with Gasteiger partial charge in [-0.25, -0.2) is 9.97 Å². The standard InChI is InChI=1S/C20H19ClN4/c21-17-6-3-14(4-7-17)11-23-19-8-5-15(12-24-19)10-16-13-25-20-18(16)2-1-9-22-20/h1-3,5-9,12-14H,4,10-11H2,(H,22,25)(H,23,24). The number of aromatic amines is 1. The third-order valence-corrected chi connectivity index (χ3v) is 4.72. The molecule has 1 unspecified atom stereocenters. The first-order chi connectivity index (χ1) is 12.3. The van der Waals surface area contributed by atoms with Crippen LogP contribution in [0.3, 0.4) is 0 Å². The van der Waals surface area contributed by atoms with Crippen LogP contribution in [0.2, 0.25) is 0 Å². The molecule has 0 spiro atoms. The third kappa shape index (κ3) is 3.74. The molecule has 0 radical (unpaired) electrons. The maximum atomic E-state index is 5.95. The average Bonchev–Trinajstić information content (AvgIpc) is 3.06. The lowest BCUT2D eigenvalue weighted by Gasteiger charge is -2.15. The van der Waals surface area contributed by atoms with Crippen molar-refractivity contribution in [1.29, 1.82) is 0 Å². The Bertz CT molecular complexity index is 924. The second-order valence-corrected chi connectivity index (χ2v) is 6.70. The molecule has 0 aliphatic heterocycles. The van der Waals surface area contributed by atoms with Gasteiger partial charge in [0.25, 0.3) is 0 Å². The van der Waals surface area contributed by atoms with Gasteiger partial charge in [-0.05, 0) is 47.7 Å². The van der Waals surface area contributed by atoms with E-state index in [9.17, 15) is 0 Å². The van der Waals surface area contributed by atoms with Crippen LogP contribution in [0.15, 0.2) is 66.1 Å². The number of anilines is 1. The quantitative estimate of drug-likeness (QED) is 0.703. The van der Waals surface area contributed by atoms with E-state index in [-0.39, 0.29) is 0 Å². The largest absolute Gasteiger partial charge is 0.369 e. The summed E-state index contributed by atoms with van der Waals surface area (Å²) < 4.78 is 0. The molecular formula is C20H19ClN4. The first-order valence-electron chi connectivity index (χ1n) is 8.41. The van der Waals surface area contributed by atoms with Gasteiger partial charge in [0.05, 0.1) is 0 Å². The van der Waals surface area contributed by atoms with Crippen LogP contribution >= 0.6 is 11.6 Å². The topological polar surface area (TPSA) is 53.6 Å². The zero-order valence-electron chi connectivity index (χ0n) is 13.7. The lowest BCUT2D eigenvalue weighted by molar-refractivity contribution is 0.689. The molecule has 0 saturated heterocycles. The van der Waals surface area contributed by atoms with Crippen LogP contribution in [0.5, 0.6) is 0 Å². The highest BCUT2D eigenvalue weighted by atomic mass is 35.5. The molecule has 126 valence electrons. The summed E-state index contributed by atoms with van der Waals surface area (Å²) in [5.41, 5.74) is 3.35. The number of aromatic nitrogens is 3. The molecule has 5 heteroatoms. The molecule has 25 heavy (non-hydrogen) atoms. The van der Waals surface area contributed by atoms with Crippen molar-refractivity contribution < 1.29 is 0 Å². The van der Waals surface area contributed by atoms with E-state index in [0.29, 0.717) is 5.92 Å². The van der Waals surface area contributed by atoms with E-state index in [4.69, 9.17) is 11.6 Å². The van der Waals surface area contributed by atoms with Gasteiger partial charge in [-0.15, -0.1) is 0 Å². The summed E-state index contributed by atoms with van der Waals surface area (Å²) in [4.78, 5) is 12.1. The minimum Gasteiger partial charge on any atom is -0.369 e. The smallest absolute Gasteiger partial charge is 0.137 e. The molecule has 1 aliphatic rings. The number of allylic oxidation sites excluding steroid dienone is 3. The van der Waals surface area contributed by atoms with Crippen molar-refractivity contribution in [1.82, 2.24) is 15.0 Å². The molecule has 3 heterocycles. The summed E-state index contributed by atoms with van der Waals surface area (Å²) in [5, 5.41) is 5.39. The Balaban J connectivity index is 1.38. The zero-order chi connectivity index (χ0) is 17.1. The van der Waals surface area contributed by atoms with Crippen molar-refractivity contribution in [2.24, 2.45) is 5.92 Å². The van der Waals surface area contributed by atoms with Crippen molar-refractivity contribution in [3.63, 3.8) is 0 Å². The first-order valence-corrected chi connectivity index (χ1v) is 8.79. The molecule has 3 aromatic heterocycles. The van der Waals surface area contributed by atoms with E-state index in [0.717, 1.165) is 35.9 Å². The van der Waals surface area contributed by atoms with Crippen molar-refractivity contribution in [2.45, 2.75) is 12.8 Å². The molecule has 0 amide bonds. The molecule has 0 bridgehead atoms. The average molecular weight is 351 g/mol. The fourth-order valence-corrected chi connectivity index (χ4v) is 3.20. The molecule has 0 saturated carbocycles. The van der Waals surface area contributed by atoms with E-state index >= 15 is 0 Å². The molecule has 3 aromatic rings. The Morgan fingerprint density at radius 3 is 3.00 bits per heavy atom. The summed E-state index contributed by atoms with van der Waals surface area (Å²) in [7, 11) is 0. The lowest BCUT2D eigenvalue weighted by atomic mass is 10.0. The summed E-state index contributed by atoms with van der Waals surface area (Å²) in [6.45, 7) is 0.859. The number of pyridine rings is 2. The molecule has 1 atom stereocenters. The number of hydrogen-bond acceptors (Lipinski definition) is 3. The minimum atomic E-state index is 0.461. The molecule has 2 N–H and O–H groups in total. The van der Waals surface area contributed by atoms with Gasteiger partial charge in [0.1, 0.15) is 11.5 Å². The van der Waals surface area contributed by atoms with Crippen molar-refractivity contribution >= 4 is 28.5 Å². The fraction of sp³-hybridized carbons (Fsp3) is 0.200. The third-order valence-electron chi connectivity index (χ3n) is 4.44. The van der Waals surface area contributed by atoms with E-state index in [2.05, 4.69) is 44.6 Å². The van der Waals surface area contributed by atoms with Gasteiger partial charge in [0.15, 0.2) is 0 Å². The van der Waals surface area contributed by atoms with Crippen molar-refractivity contribution in [3.8, 4) is 0 Å². The normalized spacial score (nSPS) is 16.8. The van der Waals surface area contributed by atoms with Gasteiger partial charge in [-0.3, -0.25) is 0 Å². The van der Waals surface area contributed by atoms with Gasteiger partial charge in [-0.1, -0.05) is 29.8 Å². The van der Waals surface area contributed by atoms with Gasteiger partial charge in [-0.2, -0.15) is 0 Å². The Kier molecular flexibility index (Phi) is 4.53. The van der Waals surface area contributed by atoms with E-state index in [1.807, 2.05) is 30.6 Å². The van der Waals surface area contributed by atoms with Crippen LogP contribution in [0.1, 0.15) is 17.5 Å². The number of nitrogens with one attached hydrogen (secondary N) is 2. The number of hydrogen-bond donors (Lipinski definition) is 2. The van der Waals surface area contributed by atoms with Crippen LogP contribution in [0, 0.1) is 5.92 Å². The summed E-state index contributed by atoms with van der Waals surface area (Å²) >= 11 is 5.95. The SMILES string of the molecule is ClC1=CCC(CNc2ccc(Cc3c[nH]c4ncccc34)cn2)C=C1. The van der Waals surface area contributed by atoms with Gasteiger partial charge in [0.2, 0.25) is 0 Å². The monoisotopic (exact) mass is 350 g/mol. The van der Waals surface area contributed by atoms with Crippen molar-refractivity contribution in [2.75, 3.05) is 11.9 Å². The number of nitrogens with zero attached hydrogens (tertiary/aromatic N) is 2. The fourth-order valence-electron chi connectivity index (χ4n) is 3.04. The molecule has 0 fully saturated rings. The highest BCUT2D eigenvalue weighted by molar-refractivity contribution is 6.31. The van der Waals surface area contributed by atoms with Gasteiger partial charge >= 0.3 is 0 Å². The summed E-state index contributed by atoms with van der Waals surface area (Å²) in [6.07, 6.45) is 13.7. The Hall–Kier alpha value is -2.59. The number of halogens is 1. The van der Waals surface area contributed by atoms with E-state index in [1.165, 1.54) is 16.5 Å². The van der Waals surface area contributed by atoms with E-state index < -0.39 is 0 Å². The number of fused-ring (bicyclic) bond motifs is 1. The highest BCUT2D eigenvalue weighted by Gasteiger charge is 2.09. The Labute approximate surface area is 151 Å². The molecular weight excluding hydrogens is 332 g/mol. The minimum absolute atomic E-state index is 0.461. The predicted molar refractivity (Wildman–Crippen MR) is 103 cm³/mol. The number of rotatable bonds is 5. The van der Waals surface area contributed by atoms with Crippen LogP contribution in [0.25, 0.3) is 11.0 Å². The maximum absolute atomic E-state index is 5.95. The van der Waals surface area contributed by atoms with E-state index in [1.54, 1.807) is 6.20 Å². The highest BCUT2D eigenvalue weighted by Crippen LogP contribution is 2.21. The second-order valence-electron chi connectivity index (χ2n) is 6.27. The van der Waals surface area contributed by atoms with Crippen LogP contribution < -0.4 is 5.32 Å². The Morgan fingerprint density at radius 2 is 2.20 bits per heavy atom. The maximum Gasteiger partial charge on any atom is 0.137 e. The second kappa shape index (κ2) is 7.11. The van der Waals surface area contributed by atoms with Crippen LogP contribution in [-0.4, -0.2) is 21.5 Å². The molecule has 1 aliphatic carbocycles. The Morgan fingerprint density at radius 1 is 1.24 bits per heavy atom. The van der Waals surface area contributed by atoms with Gasteiger partial charge < -0.3 is 10.3 Å². The molecule has 4 nitrogen and oxygen atoms in total. The number of H-pyrrole nitrogens is 1. The van der Waals surface area contributed by atoms with Crippen LogP contribution in [0.4, 0.5) is 5.82 Å². The van der Waals surface area contributed by atoms with Gasteiger partial charge in [0, 0.05) is 42.0 Å². The summed E-state index contributed by atoms with van der Waals surface area (Å²) in [6, 6.07) is 8.22. The first kappa shape index (κ1) is 15.9. The molecule has 0 aromatic carbocycles. The predicted octanol–water partition coefficient (Wildman–Crippen LogP) is 4.66. The lowest BCUT2D eigenvalue weighted by Crippen LogP contribution is -2.13.